The fourth-order valence-electron chi connectivity index (χ4n) is 4.54. The molecule has 0 aliphatic rings. The molecule has 3 atom stereocenters. The smallest absolute Gasteiger partial charge is 0.408 e. The van der Waals surface area contributed by atoms with Gasteiger partial charge in [-0.3, -0.25) is 14.4 Å². The zero-order chi connectivity index (χ0) is 30.2. The van der Waals surface area contributed by atoms with Crippen LogP contribution in [0, 0.1) is 20.8 Å². The number of hydrogen-bond acceptors (Lipinski definition) is 5. The average molecular weight is 553 g/mol. The summed E-state index contributed by atoms with van der Waals surface area (Å²) in [6, 6.07) is 10.6. The molecule has 0 aliphatic heterocycles. The maximum Gasteiger partial charge on any atom is 0.408 e. The molecule has 218 valence electrons. The molecule has 2 aromatic rings. The fourth-order valence-corrected chi connectivity index (χ4v) is 4.54. The van der Waals surface area contributed by atoms with Crippen LogP contribution >= 0.6 is 0 Å². The van der Waals surface area contributed by atoms with Crippen LogP contribution in [0.5, 0.6) is 0 Å². The SMILES string of the molecule is CCC(C)N(C(=O)C(CCC(N)=O)NC(=O)OC(C)(C)C)C(C(=O)Nc1ccccc1C)c1c(C)cccc1C. The summed E-state index contributed by atoms with van der Waals surface area (Å²) in [4.78, 5) is 54.4. The van der Waals surface area contributed by atoms with Crippen molar-refractivity contribution in [1.82, 2.24) is 10.2 Å². The number of para-hydroxylation sites is 1. The summed E-state index contributed by atoms with van der Waals surface area (Å²) >= 11 is 0. The minimum absolute atomic E-state index is 0.0424. The van der Waals surface area contributed by atoms with Crippen LogP contribution in [0.4, 0.5) is 10.5 Å². The van der Waals surface area contributed by atoms with Crippen LogP contribution in [0.3, 0.4) is 0 Å². The standard InChI is InChI=1S/C31H44N4O5/c1-9-22(5)35(29(38)24(17-18-25(32)36)34-30(39)40-31(6,7)8)27(26-20(3)14-12-15-21(26)4)28(37)33-23-16-11-10-13-19(23)2/h10-16,22,24,27H,9,17-18H2,1-8H3,(H2,32,36)(H,33,37)(H,34,39). The van der Waals surface area contributed by atoms with Crippen LogP contribution in [-0.2, 0) is 19.1 Å². The average Bonchev–Trinajstić information content (AvgIpc) is 2.85. The normalized spacial score (nSPS) is 13.5. The van der Waals surface area contributed by atoms with E-state index >= 15 is 0 Å². The van der Waals surface area contributed by atoms with E-state index in [9.17, 15) is 19.2 Å². The van der Waals surface area contributed by atoms with Gasteiger partial charge in [-0.1, -0.05) is 43.3 Å². The molecule has 2 rings (SSSR count). The van der Waals surface area contributed by atoms with Crippen molar-refractivity contribution in [1.29, 1.82) is 0 Å². The van der Waals surface area contributed by atoms with Gasteiger partial charge in [0.2, 0.25) is 11.8 Å². The lowest BCUT2D eigenvalue weighted by molar-refractivity contribution is -0.143. The first-order valence-corrected chi connectivity index (χ1v) is 13.7. The fraction of sp³-hybridized carbons (Fsp3) is 0.484. The zero-order valence-electron chi connectivity index (χ0n) is 25.0. The second-order valence-corrected chi connectivity index (χ2v) is 11.2. The Balaban J connectivity index is 2.65. The van der Waals surface area contributed by atoms with Crippen molar-refractivity contribution in [3.63, 3.8) is 0 Å². The molecule has 9 heteroatoms. The summed E-state index contributed by atoms with van der Waals surface area (Å²) in [7, 11) is 0. The van der Waals surface area contributed by atoms with E-state index in [1.807, 2.05) is 77.1 Å². The molecule has 40 heavy (non-hydrogen) atoms. The number of anilines is 1. The summed E-state index contributed by atoms with van der Waals surface area (Å²) in [5.74, 6) is -1.50. The lowest BCUT2D eigenvalue weighted by Crippen LogP contribution is -2.55. The number of alkyl carbamates (subject to hydrolysis) is 1. The molecule has 9 nitrogen and oxygen atoms in total. The van der Waals surface area contributed by atoms with Crippen LogP contribution < -0.4 is 16.4 Å². The Labute approximate surface area is 237 Å². The van der Waals surface area contributed by atoms with E-state index in [0.717, 1.165) is 16.7 Å². The van der Waals surface area contributed by atoms with Crippen molar-refractivity contribution in [3.8, 4) is 0 Å². The summed E-state index contributed by atoms with van der Waals surface area (Å²) in [5, 5.41) is 5.65. The quantitative estimate of drug-likeness (QED) is 0.358. The number of nitrogens with zero attached hydrogens (tertiary/aromatic N) is 1. The second kappa shape index (κ2) is 14.0. The van der Waals surface area contributed by atoms with Gasteiger partial charge < -0.3 is 26.0 Å². The third-order valence-electron chi connectivity index (χ3n) is 6.73. The Morgan fingerprint density at radius 1 is 0.950 bits per heavy atom. The number of primary amides is 1. The number of carbonyl (C=O) groups is 4. The van der Waals surface area contributed by atoms with Crippen molar-refractivity contribution in [3.05, 3.63) is 64.7 Å². The maximum absolute atomic E-state index is 14.3. The molecule has 0 spiro atoms. The molecule has 0 fully saturated rings. The number of amides is 4. The van der Waals surface area contributed by atoms with Gasteiger partial charge in [0.15, 0.2) is 0 Å². The van der Waals surface area contributed by atoms with Gasteiger partial charge in [-0.2, -0.15) is 0 Å². The van der Waals surface area contributed by atoms with Crippen LogP contribution in [-0.4, -0.2) is 46.4 Å². The van der Waals surface area contributed by atoms with E-state index in [2.05, 4.69) is 10.6 Å². The predicted octanol–water partition coefficient (Wildman–Crippen LogP) is 5.08. The van der Waals surface area contributed by atoms with Crippen LogP contribution in [0.1, 0.15) is 82.2 Å². The van der Waals surface area contributed by atoms with Crippen molar-refractivity contribution in [2.45, 2.75) is 98.4 Å². The molecule has 3 unspecified atom stereocenters. The molecule has 0 saturated carbocycles. The first-order chi connectivity index (χ1) is 18.7. The Morgan fingerprint density at radius 2 is 1.52 bits per heavy atom. The molecule has 0 bridgehead atoms. The van der Waals surface area contributed by atoms with Crippen molar-refractivity contribution >= 4 is 29.5 Å². The molecule has 0 aromatic heterocycles. The van der Waals surface area contributed by atoms with Gasteiger partial charge in [0.1, 0.15) is 17.7 Å². The van der Waals surface area contributed by atoms with E-state index in [1.165, 1.54) is 4.90 Å². The summed E-state index contributed by atoms with van der Waals surface area (Å²) in [5.41, 5.74) is 8.51. The Bertz CT molecular complexity index is 1200. The van der Waals surface area contributed by atoms with E-state index in [1.54, 1.807) is 20.8 Å². The van der Waals surface area contributed by atoms with Gasteiger partial charge in [-0.15, -0.1) is 0 Å². The predicted molar refractivity (Wildman–Crippen MR) is 157 cm³/mol. The number of ether oxygens (including phenoxy) is 1. The summed E-state index contributed by atoms with van der Waals surface area (Å²) in [6.45, 7) is 14.6. The molecule has 0 aliphatic carbocycles. The largest absolute Gasteiger partial charge is 0.444 e. The van der Waals surface area contributed by atoms with Gasteiger partial charge in [-0.25, -0.2) is 4.79 Å². The van der Waals surface area contributed by atoms with E-state index in [4.69, 9.17) is 10.5 Å². The summed E-state index contributed by atoms with van der Waals surface area (Å²) < 4.78 is 5.40. The van der Waals surface area contributed by atoms with Crippen molar-refractivity contribution in [2.24, 2.45) is 5.73 Å². The minimum Gasteiger partial charge on any atom is -0.444 e. The summed E-state index contributed by atoms with van der Waals surface area (Å²) in [6.07, 6.45) is -0.435. The van der Waals surface area contributed by atoms with E-state index in [0.29, 0.717) is 17.7 Å². The first kappa shape index (κ1) is 32.3. The van der Waals surface area contributed by atoms with Crippen molar-refractivity contribution in [2.75, 3.05) is 5.32 Å². The third kappa shape index (κ3) is 8.83. The Morgan fingerprint density at radius 3 is 2.05 bits per heavy atom. The molecule has 4 N–H and O–H groups in total. The molecule has 0 heterocycles. The van der Waals surface area contributed by atoms with Crippen LogP contribution in [0.15, 0.2) is 42.5 Å². The van der Waals surface area contributed by atoms with Gasteiger partial charge >= 0.3 is 6.09 Å². The lowest BCUT2D eigenvalue weighted by atomic mass is 9.92. The maximum atomic E-state index is 14.3. The highest BCUT2D eigenvalue weighted by Gasteiger charge is 2.39. The van der Waals surface area contributed by atoms with E-state index in [-0.39, 0.29) is 18.7 Å². The molecular formula is C31H44N4O5. The van der Waals surface area contributed by atoms with Gasteiger partial charge in [0.05, 0.1) is 0 Å². The molecule has 0 saturated heterocycles. The minimum atomic E-state index is -1.14. The van der Waals surface area contributed by atoms with E-state index < -0.39 is 41.6 Å². The number of benzene rings is 2. The van der Waals surface area contributed by atoms with Gasteiger partial charge in [-0.05, 0) is 89.6 Å². The first-order valence-electron chi connectivity index (χ1n) is 13.7. The molecule has 4 amide bonds. The number of nitrogens with two attached hydrogens (primary N) is 1. The molecule has 2 aromatic carbocycles. The second-order valence-electron chi connectivity index (χ2n) is 11.2. The molecular weight excluding hydrogens is 508 g/mol. The topological polar surface area (TPSA) is 131 Å². The zero-order valence-corrected chi connectivity index (χ0v) is 25.0. The lowest BCUT2D eigenvalue weighted by Gasteiger charge is -2.39. The number of nitrogens with one attached hydrogen (secondary N) is 2. The highest BCUT2D eigenvalue weighted by atomic mass is 16.6. The highest BCUT2D eigenvalue weighted by Crippen LogP contribution is 2.32. The number of carbonyl (C=O) groups excluding carboxylic acids is 4. The van der Waals surface area contributed by atoms with Crippen LogP contribution in [0.25, 0.3) is 0 Å². The third-order valence-corrected chi connectivity index (χ3v) is 6.73. The Hall–Kier alpha value is -3.88. The van der Waals surface area contributed by atoms with Gasteiger partial charge in [0, 0.05) is 18.2 Å². The van der Waals surface area contributed by atoms with Gasteiger partial charge in [0.25, 0.3) is 5.91 Å². The number of rotatable bonds is 11. The number of aryl methyl sites for hydroxylation is 3. The molecule has 0 radical (unpaired) electrons. The van der Waals surface area contributed by atoms with Crippen LogP contribution in [0.2, 0.25) is 0 Å². The number of hydrogen-bond donors (Lipinski definition) is 3. The monoisotopic (exact) mass is 552 g/mol. The van der Waals surface area contributed by atoms with Crippen molar-refractivity contribution < 1.29 is 23.9 Å². The highest BCUT2D eigenvalue weighted by molar-refractivity contribution is 6.00. The Kier molecular flexibility index (Phi) is 11.3.